The van der Waals surface area contributed by atoms with Crippen molar-refractivity contribution >= 4 is 28.7 Å². The van der Waals surface area contributed by atoms with Crippen molar-refractivity contribution in [2.45, 2.75) is 58.4 Å². The molecule has 2 fully saturated rings. The summed E-state index contributed by atoms with van der Waals surface area (Å²) in [6.45, 7) is 6.39. The number of carbonyl (C=O) groups excluding carboxylic acids is 2. The SMILES string of the molecule is CCOC(=O)CC1CCCCN1C(=O)C1CCN(c2nc(C)c3ccc(OC)cc3n2)CC1. The van der Waals surface area contributed by atoms with Crippen LogP contribution in [0, 0.1) is 12.8 Å². The molecule has 0 spiro atoms. The molecule has 178 valence electrons. The maximum atomic E-state index is 13.4. The molecule has 1 atom stereocenters. The van der Waals surface area contributed by atoms with E-state index in [2.05, 4.69) is 4.90 Å². The number of hydrogen-bond acceptors (Lipinski definition) is 7. The molecule has 0 bridgehead atoms. The number of fused-ring (bicyclic) bond motifs is 1. The van der Waals surface area contributed by atoms with Crippen LogP contribution in [0.4, 0.5) is 5.95 Å². The molecule has 1 unspecified atom stereocenters. The summed E-state index contributed by atoms with van der Waals surface area (Å²) in [5.41, 5.74) is 1.80. The van der Waals surface area contributed by atoms with E-state index < -0.39 is 0 Å². The molecule has 4 rings (SSSR count). The minimum Gasteiger partial charge on any atom is -0.497 e. The van der Waals surface area contributed by atoms with Crippen molar-refractivity contribution in [2.24, 2.45) is 5.92 Å². The van der Waals surface area contributed by atoms with Crippen molar-refractivity contribution in [1.29, 1.82) is 0 Å². The molecule has 33 heavy (non-hydrogen) atoms. The monoisotopic (exact) mass is 454 g/mol. The Balaban J connectivity index is 1.41. The summed E-state index contributed by atoms with van der Waals surface area (Å²) in [6.07, 6.45) is 4.75. The Kier molecular flexibility index (Phi) is 7.30. The Morgan fingerprint density at radius 2 is 1.88 bits per heavy atom. The Labute approximate surface area is 195 Å². The van der Waals surface area contributed by atoms with Crippen LogP contribution in [0.5, 0.6) is 5.75 Å². The average molecular weight is 455 g/mol. The molecule has 1 aromatic carbocycles. The molecule has 1 aromatic heterocycles. The fourth-order valence-electron chi connectivity index (χ4n) is 5.00. The van der Waals surface area contributed by atoms with Gasteiger partial charge in [0.2, 0.25) is 11.9 Å². The van der Waals surface area contributed by atoms with E-state index in [1.807, 2.05) is 36.9 Å². The van der Waals surface area contributed by atoms with Gasteiger partial charge >= 0.3 is 5.97 Å². The number of aryl methyl sites for hydroxylation is 1. The first-order valence-electron chi connectivity index (χ1n) is 12.0. The number of likely N-dealkylation sites (tertiary alicyclic amines) is 1. The fourth-order valence-corrected chi connectivity index (χ4v) is 5.00. The van der Waals surface area contributed by atoms with Crippen LogP contribution in [0.15, 0.2) is 18.2 Å². The van der Waals surface area contributed by atoms with Gasteiger partial charge in [0.25, 0.3) is 0 Å². The van der Waals surface area contributed by atoms with Gasteiger partial charge in [-0.2, -0.15) is 0 Å². The molecule has 2 aliphatic heterocycles. The normalized spacial score (nSPS) is 19.5. The number of ether oxygens (including phenoxy) is 2. The first kappa shape index (κ1) is 23.3. The molecule has 8 heteroatoms. The van der Waals surface area contributed by atoms with E-state index in [-0.39, 0.29) is 23.8 Å². The Bertz CT molecular complexity index is 1000. The van der Waals surface area contributed by atoms with E-state index in [0.717, 1.165) is 74.1 Å². The first-order valence-corrected chi connectivity index (χ1v) is 12.0. The van der Waals surface area contributed by atoms with Crippen LogP contribution < -0.4 is 9.64 Å². The topological polar surface area (TPSA) is 84.9 Å². The number of methoxy groups -OCH3 is 1. The van der Waals surface area contributed by atoms with Gasteiger partial charge in [0.1, 0.15) is 5.75 Å². The van der Waals surface area contributed by atoms with Gasteiger partial charge in [-0.1, -0.05) is 0 Å². The highest BCUT2D eigenvalue weighted by Crippen LogP contribution is 2.29. The summed E-state index contributed by atoms with van der Waals surface area (Å²) in [6, 6.07) is 5.81. The number of esters is 1. The second-order valence-corrected chi connectivity index (χ2v) is 8.94. The summed E-state index contributed by atoms with van der Waals surface area (Å²) in [7, 11) is 1.65. The molecule has 2 saturated heterocycles. The van der Waals surface area contributed by atoms with Gasteiger partial charge in [-0.05, 0) is 58.1 Å². The molecule has 8 nitrogen and oxygen atoms in total. The summed E-state index contributed by atoms with van der Waals surface area (Å²) in [5.74, 6) is 1.43. The quantitative estimate of drug-likeness (QED) is 0.618. The molecular weight excluding hydrogens is 420 g/mol. The third kappa shape index (κ3) is 5.20. The Morgan fingerprint density at radius 1 is 1.09 bits per heavy atom. The van der Waals surface area contributed by atoms with Crippen molar-refractivity contribution in [3.05, 3.63) is 23.9 Å². The molecule has 0 saturated carbocycles. The molecular formula is C25H34N4O4. The van der Waals surface area contributed by atoms with Crippen molar-refractivity contribution in [3.8, 4) is 5.75 Å². The number of carbonyl (C=O) groups is 2. The highest BCUT2D eigenvalue weighted by Gasteiger charge is 2.35. The second-order valence-electron chi connectivity index (χ2n) is 8.94. The van der Waals surface area contributed by atoms with Crippen molar-refractivity contribution in [1.82, 2.24) is 14.9 Å². The van der Waals surface area contributed by atoms with Crippen LogP contribution in [0.2, 0.25) is 0 Å². The van der Waals surface area contributed by atoms with E-state index in [9.17, 15) is 9.59 Å². The van der Waals surface area contributed by atoms with Gasteiger partial charge in [0.05, 0.1) is 31.3 Å². The lowest BCUT2D eigenvalue weighted by atomic mass is 9.92. The van der Waals surface area contributed by atoms with E-state index in [4.69, 9.17) is 19.4 Å². The summed E-state index contributed by atoms with van der Waals surface area (Å²) in [4.78, 5) is 39.0. The number of amides is 1. The third-order valence-corrected chi connectivity index (χ3v) is 6.83. The predicted molar refractivity (Wildman–Crippen MR) is 126 cm³/mol. The van der Waals surface area contributed by atoms with Gasteiger partial charge < -0.3 is 19.3 Å². The maximum absolute atomic E-state index is 13.4. The third-order valence-electron chi connectivity index (χ3n) is 6.83. The predicted octanol–water partition coefficient (Wildman–Crippen LogP) is 3.50. The number of nitrogens with zero attached hydrogens (tertiary/aromatic N) is 4. The number of piperidine rings is 2. The molecule has 0 N–H and O–H groups in total. The molecule has 2 aromatic rings. The number of benzene rings is 1. The standard InChI is InChI=1S/C25H34N4O4/c1-4-33-23(30)15-19-7-5-6-12-29(19)24(31)18-10-13-28(14-11-18)25-26-17(2)21-9-8-20(32-3)16-22(21)27-25/h8-9,16,18-19H,4-7,10-15H2,1-3H3. The zero-order valence-corrected chi connectivity index (χ0v) is 19.9. The molecule has 2 aliphatic rings. The van der Waals surface area contributed by atoms with Gasteiger partial charge in [0, 0.05) is 43.0 Å². The molecule has 1 amide bonds. The average Bonchev–Trinajstić information content (AvgIpc) is 2.83. The number of aromatic nitrogens is 2. The molecule has 0 radical (unpaired) electrons. The van der Waals surface area contributed by atoms with E-state index in [0.29, 0.717) is 19.0 Å². The van der Waals surface area contributed by atoms with Gasteiger partial charge in [-0.15, -0.1) is 0 Å². The number of rotatable bonds is 6. The molecule has 0 aliphatic carbocycles. The number of anilines is 1. The van der Waals surface area contributed by atoms with Crippen LogP contribution >= 0.6 is 0 Å². The zero-order valence-electron chi connectivity index (χ0n) is 19.9. The van der Waals surface area contributed by atoms with Crippen molar-refractivity contribution < 1.29 is 19.1 Å². The van der Waals surface area contributed by atoms with Crippen LogP contribution in [-0.2, 0) is 14.3 Å². The van der Waals surface area contributed by atoms with Crippen LogP contribution in [0.3, 0.4) is 0 Å². The smallest absolute Gasteiger partial charge is 0.307 e. The second kappa shape index (κ2) is 10.4. The minimum atomic E-state index is -0.211. The van der Waals surface area contributed by atoms with Crippen molar-refractivity contribution in [2.75, 3.05) is 38.3 Å². The summed E-state index contributed by atoms with van der Waals surface area (Å²) < 4.78 is 10.5. The van der Waals surface area contributed by atoms with E-state index in [1.54, 1.807) is 7.11 Å². The van der Waals surface area contributed by atoms with E-state index >= 15 is 0 Å². The largest absolute Gasteiger partial charge is 0.497 e. The Morgan fingerprint density at radius 3 is 2.61 bits per heavy atom. The van der Waals surface area contributed by atoms with Crippen LogP contribution in [0.1, 0.15) is 51.1 Å². The highest BCUT2D eigenvalue weighted by molar-refractivity contribution is 5.83. The highest BCUT2D eigenvalue weighted by atomic mass is 16.5. The Hall–Kier alpha value is -2.90. The van der Waals surface area contributed by atoms with Gasteiger partial charge in [-0.3, -0.25) is 9.59 Å². The maximum Gasteiger partial charge on any atom is 0.307 e. The minimum absolute atomic E-state index is 0.0225. The lowest BCUT2D eigenvalue weighted by Gasteiger charge is -2.39. The lowest BCUT2D eigenvalue weighted by Crippen LogP contribution is -2.49. The van der Waals surface area contributed by atoms with Crippen LogP contribution in [0.25, 0.3) is 10.9 Å². The van der Waals surface area contributed by atoms with Gasteiger partial charge in [0.15, 0.2) is 0 Å². The summed E-state index contributed by atoms with van der Waals surface area (Å²) >= 11 is 0. The van der Waals surface area contributed by atoms with Crippen LogP contribution in [-0.4, -0.2) is 66.1 Å². The fraction of sp³-hybridized carbons (Fsp3) is 0.600. The molecule has 3 heterocycles. The van der Waals surface area contributed by atoms with Gasteiger partial charge in [-0.25, -0.2) is 9.97 Å². The zero-order chi connectivity index (χ0) is 23.4. The van der Waals surface area contributed by atoms with E-state index in [1.165, 1.54) is 0 Å². The first-order chi connectivity index (χ1) is 16.0. The lowest BCUT2D eigenvalue weighted by molar-refractivity contribution is -0.148. The number of hydrogen-bond donors (Lipinski definition) is 0. The van der Waals surface area contributed by atoms with Crippen molar-refractivity contribution in [3.63, 3.8) is 0 Å². The summed E-state index contributed by atoms with van der Waals surface area (Å²) in [5, 5.41) is 1.02.